The van der Waals surface area contributed by atoms with Gasteiger partial charge in [-0.25, -0.2) is 0 Å². The Bertz CT molecular complexity index is 1650. The van der Waals surface area contributed by atoms with Gasteiger partial charge in [-0.15, -0.1) is 11.3 Å². The number of carbonyl (C=O) groups is 2. The fourth-order valence-electron chi connectivity index (χ4n) is 4.91. The summed E-state index contributed by atoms with van der Waals surface area (Å²) in [4.78, 5) is 40.5. The summed E-state index contributed by atoms with van der Waals surface area (Å²) in [7, 11) is 0. The van der Waals surface area contributed by atoms with Crippen LogP contribution in [0.2, 0.25) is 0 Å². The average Bonchev–Trinajstić information content (AvgIpc) is 3.33. The van der Waals surface area contributed by atoms with E-state index in [1.165, 1.54) is 4.57 Å². The van der Waals surface area contributed by atoms with Crippen molar-refractivity contribution >= 4 is 40.5 Å². The number of piperidine rings is 1. The molecule has 0 aliphatic carbocycles. The van der Waals surface area contributed by atoms with Crippen molar-refractivity contribution in [2.75, 3.05) is 31.5 Å². The van der Waals surface area contributed by atoms with Gasteiger partial charge in [0.25, 0.3) is 11.5 Å². The quantitative estimate of drug-likeness (QED) is 0.283. The Balaban J connectivity index is 1.39. The number of nitriles is 2. The minimum atomic E-state index is -0.684. The van der Waals surface area contributed by atoms with E-state index in [4.69, 9.17) is 5.26 Å². The Kier molecular flexibility index (Phi) is 10.2. The van der Waals surface area contributed by atoms with Crippen LogP contribution < -0.4 is 25.4 Å². The van der Waals surface area contributed by atoms with Gasteiger partial charge >= 0.3 is 0 Å². The Morgan fingerprint density at radius 2 is 1.85 bits per heavy atom. The van der Waals surface area contributed by atoms with Gasteiger partial charge in [-0.1, -0.05) is 42.5 Å². The third-order valence-corrected chi connectivity index (χ3v) is 8.27. The third kappa shape index (κ3) is 7.37. The van der Waals surface area contributed by atoms with Crippen LogP contribution in [0.1, 0.15) is 35.7 Å². The molecule has 0 spiro atoms. The smallest absolute Gasteiger partial charge is 0.270 e. The molecule has 4 rings (SSSR count). The van der Waals surface area contributed by atoms with Crippen LogP contribution in [0.25, 0.3) is 11.8 Å². The van der Waals surface area contributed by atoms with E-state index in [2.05, 4.69) is 21.6 Å². The van der Waals surface area contributed by atoms with E-state index in [1.54, 1.807) is 19.2 Å². The second-order valence-corrected chi connectivity index (χ2v) is 10.8. The van der Waals surface area contributed by atoms with Crippen LogP contribution in [0.3, 0.4) is 0 Å². The molecule has 9 nitrogen and oxygen atoms in total. The van der Waals surface area contributed by atoms with Crippen molar-refractivity contribution < 1.29 is 9.59 Å². The molecule has 210 valence electrons. The summed E-state index contributed by atoms with van der Waals surface area (Å²) < 4.78 is 2.00. The number of thiazole rings is 1. The molecule has 1 saturated heterocycles. The summed E-state index contributed by atoms with van der Waals surface area (Å²) in [5, 5.41) is 23.8. The predicted molar refractivity (Wildman–Crippen MR) is 159 cm³/mol. The van der Waals surface area contributed by atoms with Crippen LogP contribution in [-0.4, -0.2) is 47.3 Å². The van der Waals surface area contributed by atoms with Crippen LogP contribution in [0.5, 0.6) is 0 Å². The number of ketones is 1. The van der Waals surface area contributed by atoms with Crippen molar-refractivity contribution in [1.29, 1.82) is 10.5 Å². The number of aromatic nitrogens is 1. The molecule has 0 unspecified atom stereocenters. The van der Waals surface area contributed by atoms with Crippen molar-refractivity contribution in [1.82, 2.24) is 14.8 Å². The first-order valence-corrected chi connectivity index (χ1v) is 14.4. The third-order valence-electron chi connectivity index (χ3n) is 7.13. The Morgan fingerprint density at radius 3 is 2.54 bits per heavy atom. The molecule has 1 aliphatic heterocycles. The lowest BCUT2D eigenvalue weighted by atomic mass is 9.89. The van der Waals surface area contributed by atoms with Gasteiger partial charge in [0.1, 0.15) is 21.8 Å². The fourth-order valence-corrected chi connectivity index (χ4v) is 5.99. The summed E-state index contributed by atoms with van der Waals surface area (Å²) in [6, 6.07) is 21.2. The number of Topliss-reactive ketones (excluding diaryl/α,β-unsaturated/α-hetero) is 1. The van der Waals surface area contributed by atoms with E-state index < -0.39 is 5.91 Å². The van der Waals surface area contributed by atoms with Gasteiger partial charge in [0.05, 0.1) is 6.07 Å². The summed E-state index contributed by atoms with van der Waals surface area (Å²) >= 11 is 1.06. The van der Waals surface area contributed by atoms with E-state index >= 15 is 0 Å². The second-order valence-electron chi connectivity index (χ2n) is 9.73. The molecular weight excluding hydrogens is 536 g/mol. The number of anilines is 1. The molecule has 1 aromatic heterocycles. The minimum absolute atomic E-state index is 0.0838. The first kappa shape index (κ1) is 29.5. The zero-order valence-corrected chi connectivity index (χ0v) is 23.7. The zero-order chi connectivity index (χ0) is 29.2. The number of benzene rings is 2. The molecule has 3 aromatic rings. The van der Waals surface area contributed by atoms with E-state index in [0.717, 1.165) is 67.0 Å². The number of likely N-dealkylation sites (tertiary alicyclic amines) is 1. The van der Waals surface area contributed by atoms with Crippen molar-refractivity contribution in [3.63, 3.8) is 0 Å². The monoisotopic (exact) mass is 568 g/mol. The summed E-state index contributed by atoms with van der Waals surface area (Å²) in [5.41, 5.74) is 2.27. The standard InChI is InChI=1S/C31H32N6O3S/c1-2-37-30(40)27(41-31(37)26(20-33)29(39)34-15-14-32)21-35-25-10-6-7-22(19-25)11-16-36-17-12-24(13-18-36)28(38)23-8-4-3-5-9-23/h3-10,19,21,24,35H,2,11-13,15-18H2,1H3,(H,34,39). The highest BCUT2D eigenvalue weighted by Crippen LogP contribution is 2.22. The Labute approximate surface area is 242 Å². The molecule has 0 radical (unpaired) electrons. The number of hydrogen-bond donors (Lipinski definition) is 2. The lowest BCUT2D eigenvalue weighted by molar-refractivity contribution is -0.115. The molecule has 0 bridgehead atoms. The lowest BCUT2D eigenvalue weighted by Crippen LogP contribution is -2.37. The van der Waals surface area contributed by atoms with Gasteiger partial charge in [0, 0.05) is 36.5 Å². The lowest BCUT2D eigenvalue weighted by Gasteiger charge is -2.31. The van der Waals surface area contributed by atoms with Gasteiger partial charge in [0.2, 0.25) is 0 Å². The van der Waals surface area contributed by atoms with Gasteiger partial charge < -0.3 is 15.5 Å². The maximum absolute atomic E-state index is 13.0. The highest BCUT2D eigenvalue weighted by Gasteiger charge is 2.25. The molecule has 10 heteroatoms. The number of hydrogen-bond acceptors (Lipinski definition) is 8. The van der Waals surface area contributed by atoms with Gasteiger partial charge in [-0.05, 0) is 57.0 Å². The van der Waals surface area contributed by atoms with Gasteiger partial charge in [-0.2, -0.15) is 10.5 Å². The summed E-state index contributed by atoms with van der Waals surface area (Å²) in [5.74, 6) is -0.356. The molecule has 0 saturated carbocycles. The second kappa shape index (κ2) is 14.2. The minimum Gasteiger partial charge on any atom is -0.360 e. The van der Waals surface area contributed by atoms with Crippen molar-refractivity contribution in [2.24, 2.45) is 5.92 Å². The van der Waals surface area contributed by atoms with Gasteiger partial charge in [-0.3, -0.25) is 19.0 Å². The normalized spacial score (nSPS) is 15.0. The molecule has 41 heavy (non-hydrogen) atoms. The van der Waals surface area contributed by atoms with Crippen LogP contribution in [0.4, 0.5) is 5.69 Å². The molecule has 2 N–H and O–H groups in total. The summed E-state index contributed by atoms with van der Waals surface area (Å²) in [6.45, 7) is 4.53. The van der Waals surface area contributed by atoms with Crippen LogP contribution >= 0.6 is 11.3 Å². The summed E-state index contributed by atoms with van der Waals surface area (Å²) in [6.07, 6.45) is 4.19. The first-order valence-electron chi connectivity index (χ1n) is 13.6. The number of amides is 1. The van der Waals surface area contributed by atoms with Crippen LogP contribution in [0.15, 0.2) is 59.4 Å². The molecule has 2 heterocycles. The number of rotatable bonds is 10. The molecule has 1 fully saturated rings. The maximum Gasteiger partial charge on any atom is 0.270 e. The van der Waals surface area contributed by atoms with E-state index in [-0.39, 0.29) is 34.0 Å². The van der Waals surface area contributed by atoms with Crippen molar-refractivity contribution in [2.45, 2.75) is 32.7 Å². The van der Waals surface area contributed by atoms with Crippen molar-refractivity contribution in [3.05, 3.63) is 85.3 Å². The Hall–Kier alpha value is -4.51. The SMILES string of the molecule is CCn1c(=C(C#N)C(=O)NCC#N)sc(=CNc2cccc(CCN3CCC(C(=O)c4ccccc4)CC3)c2)c1=O. The Morgan fingerprint density at radius 1 is 1.10 bits per heavy atom. The highest BCUT2D eigenvalue weighted by atomic mass is 32.1. The predicted octanol–water partition coefficient (Wildman–Crippen LogP) is 2.23. The van der Waals surface area contributed by atoms with Gasteiger partial charge in [0.15, 0.2) is 11.4 Å². The maximum atomic E-state index is 13.0. The molecule has 2 aromatic carbocycles. The molecule has 1 amide bonds. The van der Waals surface area contributed by atoms with E-state index in [1.807, 2.05) is 54.6 Å². The van der Waals surface area contributed by atoms with Crippen molar-refractivity contribution in [3.8, 4) is 12.1 Å². The molecular formula is C31H32N6O3S. The average molecular weight is 569 g/mol. The largest absolute Gasteiger partial charge is 0.360 e. The topological polar surface area (TPSA) is 131 Å². The van der Waals surface area contributed by atoms with E-state index in [0.29, 0.717) is 11.1 Å². The van der Waals surface area contributed by atoms with Crippen LogP contribution in [-0.2, 0) is 17.8 Å². The molecule has 0 atom stereocenters. The number of nitrogens with zero attached hydrogens (tertiary/aromatic N) is 4. The highest BCUT2D eigenvalue weighted by molar-refractivity contribution is 7.07. The van der Waals surface area contributed by atoms with Crippen LogP contribution in [0, 0.1) is 28.6 Å². The van der Waals surface area contributed by atoms with E-state index in [9.17, 15) is 19.6 Å². The number of nitrogens with one attached hydrogen (secondary N) is 2. The zero-order valence-electron chi connectivity index (χ0n) is 22.9. The molecule has 1 aliphatic rings. The fraction of sp³-hybridized carbons (Fsp3) is 0.323. The number of carbonyl (C=O) groups excluding carboxylic acids is 2. The first-order chi connectivity index (χ1) is 19.9.